The second-order valence-electron chi connectivity index (χ2n) is 5.49. The number of hydrogen-bond donors (Lipinski definition) is 2. The summed E-state index contributed by atoms with van der Waals surface area (Å²) in [5.41, 5.74) is 2.21. The highest BCUT2D eigenvalue weighted by molar-refractivity contribution is 7.12. The molecule has 0 saturated carbocycles. The van der Waals surface area contributed by atoms with Crippen molar-refractivity contribution in [1.82, 2.24) is 5.32 Å². The number of urea groups is 1. The van der Waals surface area contributed by atoms with Gasteiger partial charge in [0, 0.05) is 15.4 Å². The summed E-state index contributed by atoms with van der Waals surface area (Å²) in [5.74, 6) is -0.370. The third-order valence-electron chi connectivity index (χ3n) is 3.55. The van der Waals surface area contributed by atoms with E-state index in [0.29, 0.717) is 17.9 Å². The molecule has 128 valence electrons. The van der Waals surface area contributed by atoms with Gasteiger partial charge in [0.25, 0.3) is 0 Å². The number of carbonyl (C=O) groups is 2. The third-order valence-corrected chi connectivity index (χ3v) is 4.53. The highest BCUT2D eigenvalue weighted by Gasteiger charge is 2.14. The minimum Gasteiger partial charge on any atom is -0.462 e. The van der Waals surface area contributed by atoms with Gasteiger partial charge in [0.05, 0.1) is 18.2 Å². The quantitative estimate of drug-likeness (QED) is 0.787. The van der Waals surface area contributed by atoms with Crippen molar-refractivity contribution in [2.45, 2.75) is 33.7 Å². The lowest BCUT2D eigenvalue weighted by molar-refractivity contribution is 0.0526. The van der Waals surface area contributed by atoms with Gasteiger partial charge in [-0.2, -0.15) is 0 Å². The normalized spacial score (nSPS) is 11.7. The van der Waals surface area contributed by atoms with Crippen molar-refractivity contribution in [3.05, 3.63) is 51.2 Å². The van der Waals surface area contributed by atoms with Gasteiger partial charge >= 0.3 is 12.0 Å². The summed E-state index contributed by atoms with van der Waals surface area (Å²) in [6.07, 6.45) is 0. The Hall–Kier alpha value is -2.34. The summed E-state index contributed by atoms with van der Waals surface area (Å²) >= 11 is 1.72. The lowest BCUT2D eigenvalue weighted by atomic mass is 10.1. The first kappa shape index (κ1) is 18.0. The van der Waals surface area contributed by atoms with Crippen molar-refractivity contribution in [2.24, 2.45) is 0 Å². The van der Waals surface area contributed by atoms with Gasteiger partial charge in [0.15, 0.2) is 0 Å². The molecule has 1 heterocycles. The molecule has 1 atom stereocenters. The maximum absolute atomic E-state index is 12.1. The first-order chi connectivity index (χ1) is 11.4. The number of nitrogens with one attached hydrogen (secondary N) is 2. The van der Waals surface area contributed by atoms with Crippen molar-refractivity contribution in [1.29, 1.82) is 0 Å². The minimum absolute atomic E-state index is 0.0752. The number of amides is 2. The Morgan fingerprint density at radius 3 is 2.42 bits per heavy atom. The van der Waals surface area contributed by atoms with E-state index in [1.54, 1.807) is 42.5 Å². The summed E-state index contributed by atoms with van der Waals surface area (Å²) < 4.78 is 4.93. The van der Waals surface area contributed by atoms with E-state index < -0.39 is 0 Å². The molecule has 0 aliphatic rings. The predicted molar refractivity (Wildman–Crippen MR) is 96.8 cm³/mol. The zero-order chi connectivity index (χ0) is 17.7. The maximum Gasteiger partial charge on any atom is 0.338 e. The summed E-state index contributed by atoms with van der Waals surface area (Å²) in [7, 11) is 0. The van der Waals surface area contributed by atoms with Gasteiger partial charge in [-0.1, -0.05) is 0 Å². The van der Waals surface area contributed by atoms with E-state index in [-0.39, 0.29) is 18.0 Å². The van der Waals surface area contributed by atoms with Crippen LogP contribution in [0.25, 0.3) is 0 Å². The molecule has 1 aromatic carbocycles. The van der Waals surface area contributed by atoms with Gasteiger partial charge < -0.3 is 15.4 Å². The SMILES string of the molecule is CCOC(=O)c1ccc(NC(=O)N[C@@H](C)c2cc(C)sc2C)cc1. The zero-order valence-electron chi connectivity index (χ0n) is 14.3. The molecule has 0 aliphatic carbocycles. The zero-order valence-corrected chi connectivity index (χ0v) is 15.1. The lowest BCUT2D eigenvalue weighted by Crippen LogP contribution is -2.31. The van der Waals surface area contributed by atoms with Gasteiger partial charge in [-0.25, -0.2) is 9.59 Å². The van der Waals surface area contributed by atoms with Crippen molar-refractivity contribution in [3.63, 3.8) is 0 Å². The van der Waals surface area contributed by atoms with Crippen molar-refractivity contribution >= 4 is 29.0 Å². The fraction of sp³-hybridized carbons (Fsp3) is 0.333. The smallest absolute Gasteiger partial charge is 0.338 e. The molecular weight excluding hydrogens is 324 g/mol. The fourth-order valence-electron chi connectivity index (χ4n) is 2.43. The molecule has 0 bridgehead atoms. The monoisotopic (exact) mass is 346 g/mol. The Balaban J connectivity index is 1.94. The van der Waals surface area contributed by atoms with Crippen LogP contribution >= 0.6 is 11.3 Å². The van der Waals surface area contributed by atoms with Gasteiger partial charge in [-0.05, 0) is 63.6 Å². The number of thiophene rings is 1. The molecule has 5 nitrogen and oxygen atoms in total. The summed E-state index contributed by atoms with van der Waals surface area (Å²) in [4.78, 5) is 26.2. The summed E-state index contributed by atoms with van der Waals surface area (Å²) in [6.45, 7) is 8.16. The van der Waals surface area contributed by atoms with E-state index in [2.05, 4.69) is 30.5 Å². The molecular formula is C18H22N2O3S. The van der Waals surface area contributed by atoms with Gasteiger partial charge in [0.2, 0.25) is 0 Å². The number of esters is 1. The molecule has 2 rings (SSSR count). The van der Waals surface area contributed by atoms with E-state index in [4.69, 9.17) is 4.74 Å². The molecule has 2 aromatic rings. The average Bonchev–Trinajstić information content (AvgIpc) is 2.87. The van der Waals surface area contributed by atoms with Gasteiger partial charge in [0.1, 0.15) is 0 Å². The van der Waals surface area contributed by atoms with E-state index in [1.807, 2.05) is 6.92 Å². The fourth-order valence-corrected chi connectivity index (χ4v) is 3.45. The Bertz CT molecular complexity index is 722. The molecule has 2 amide bonds. The first-order valence-corrected chi connectivity index (χ1v) is 8.64. The molecule has 0 unspecified atom stereocenters. The molecule has 6 heteroatoms. The average molecular weight is 346 g/mol. The molecule has 0 spiro atoms. The molecule has 0 aliphatic heterocycles. The lowest BCUT2D eigenvalue weighted by Gasteiger charge is -2.15. The van der Waals surface area contributed by atoms with Gasteiger partial charge in [-0.3, -0.25) is 0 Å². The second kappa shape index (κ2) is 7.97. The second-order valence-corrected chi connectivity index (χ2v) is 6.95. The number of hydrogen-bond acceptors (Lipinski definition) is 4. The maximum atomic E-state index is 12.1. The summed E-state index contributed by atoms with van der Waals surface area (Å²) in [6, 6.07) is 8.35. The van der Waals surface area contributed by atoms with Crippen LogP contribution in [0.1, 0.15) is 45.6 Å². The molecule has 1 aromatic heterocycles. The van der Waals surface area contributed by atoms with E-state index in [9.17, 15) is 9.59 Å². The molecule has 2 N–H and O–H groups in total. The molecule has 0 fully saturated rings. The predicted octanol–water partition coefficient (Wildman–Crippen LogP) is 4.42. The van der Waals surface area contributed by atoms with Crippen LogP contribution in [-0.2, 0) is 4.74 Å². The van der Waals surface area contributed by atoms with E-state index in [1.165, 1.54) is 9.75 Å². The van der Waals surface area contributed by atoms with Crippen LogP contribution in [0.3, 0.4) is 0 Å². The van der Waals surface area contributed by atoms with Gasteiger partial charge in [-0.15, -0.1) is 11.3 Å². The highest BCUT2D eigenvalue weighted by atomic mass is 32.1. The van der Waals surface area contributed by atoms with Crippen LogP contribution in [0, 0.1) is 13.8 Å². The van der Waals surface area contributed by atoms with Crippen LogP contribution in [-0.4, -0.2) is 18.6 Å². The first-order valence-electron chi connectivity index (χ1n) is 7.82. The minimum atomic E-state index is -0.370. The summed E-state index contributed by atoms with van der Waals surface area (Å²) in [5, 5.41) is 5.69. The van der Waals surface area contributed by atoms with Crippen LogP contribution in [0.2, 0.25) is 0 Å². The van der Waals surface area contributed by atoms with Crippen molar-refractivity contribution in [3.8, 4) is 0 Å². The van der Waals surface area contributed by atoms with Crippen LogP contribution in [0.5, 0.6) is 0 Å². The van der Waals surface area contributed by atoms with Crippen LogP contribution < -0.4 is 10.6 Å². The number of aryl methyl sites for hydroxylation is 2. The van der Waals surface area contributed by atoms with E-state index >= 15 is 0 Å². The molecule has 24 heavy (non-hydrogen) atoms. The number of benzene rings is 1. The number of rotatable bonds is 5. The number of anilines is 1. The highest BCUT2D eigenvalue weighted by Crippen LogP contribution is 2.26. The largest absolute Gasteiger partial charge is 0.462 e. The molecule has 0 saturated heterocycles. The Labute approximate surface area is 146 Å². The Morgan fingerprint density at radius 2 is 1.88 bits per heavy atom. The molecule has 0 radical (unpaired) electrons. The Morgan fingerprint density at radius 1 is 1.21 bits per heavy atom. The van der Waals surface area contributed by atoms with Crippen LogP contribution in [0.15, 0.2) is 30.3 Å². The van der Waals surface area contributed by atoms with Crippen LogP contribution in [0.4, 0.5) is 10.5 Å². The Kier molecular flexibility index (Phi) is 5.98. The number of carbonyl (C=O) groups excluding carboxylic acids is 2. The third kappa shape index (κ3) is 4.58. The number of ether oxygens (including phenoxy) is 1. The standard InChI is InChI=1S/C18H22N2O3S/c1-5-23-17(21)14-6-8-15(9-7-14)20-18(22)19-12(3)16-10-11(2)24-13(16)4/h6-10,12H,5H2,1-4H3,(H2,19,20,22)/t12-/m0/s1. The van der Waals surface area contributed by atoms with Crippen molar-refractivity contribution < 1.29 is 14.3 Å². The van der Waals surface area contributed by atoms with E-state index in [0.717, 1.165) is 5.56 Å². The topological polar surface area (TPSA) is 67.4 Å². The van der Waals surface area contributed by atoms with Crippen molar-refractivity contribution in [2.75, 3.05) is 11.9 Å².